The molecule has 0 unspecified atom stereocenters. The number of aryl methyl sites for hydroxylation is 1. The van der Waals surface area contributed by atoms with Crippen LogP contribution in [0, 0.1) is 6.92 Å². The largest absolute Gasteiger partial charge is 0.228 e. The lowest BCUT2D eigenvalue weighted by Gasteiger charge is -2.02. The fraction of sp³-hybridized carbons (Fsp3) is 0.333. The van der Waals surface area contributed by atoms with E-state index in [4.69, 9.17) is 0 Å². The second-order valence-corrected chi connectivity index (χ2v) is 5.72. The van der Waals surface area contributed by atoms with Crippen LogP contribution < -0.4 is 0 Å². The molecule has 82 valence electrons. The molecule has 0 aliphatic carbocycles. The fourth-order valence-electron chi connectivity index (χ4n) is 1.36. The van der Waals surface area contributed by atoms with Crippen molar-refractivity contribution >= 4 is 9.84 Å². The van der Waals surface area contributed by atoms with Crippen molar-refractivity contribution in [1.29, 1.82) is 0 Å². The molecule has 0 heterocycles. The van der Waals surface area contributed by atoms with E-state index in [9.17, 15) is 8.42 Å². The van der Waals surface area contributed by atoms with E-state index in [0.29, 0.717) is 0 Å². The maximum Gasteiger partial charge on any atom is 0.157 e. The summed E-state index contributed by atoms with van der Waals surface area (Å²) < 4.78 is 23.2. The Kier molecular flexibility index (Phi) is 4.09. The molecule has 3 heteroatoms. The fourth-order valence-corrected chi connectivity index (χ4v) is 2.65. The van der Waals surface area contributed by atoms with E-state index in [1.807, 2.05) is 38.1 Å². The van der Waals surface area contributed by atoms with E-state index in [-0.39, 0.29) is 11.5 Å². The van der Waals surface area contributed by atoms with Gasteiger partial charge >= 0.3 is 0 Å². The normalized spacial score (nSPS) is 12.1. The molecular formula is C12H16O2S. The van der Waals surface area contributed by atoms with Crippen molar-refractivity contribution in [3.63, 3.8) is 0 Å². The Morgan fingerprint density at radius 1 is 1.33 bits per heavy atom. The van der Waals surface area contributed by atoms with Gasteiger partial charge in [0.25, 0.3) is 0 Å². The predicted octanol–water partition coefficient (Wildman–Crippen LogP) is 2.49. The minimum atomic E-state index is -3.00. The second kappa shape index (κ2) is 5.12. The maximum atomic E-state index is 11.6. The van der Waals surface area contributed by atoms with Gasteiger partial charge in [-0.3, -0.25) is 0 Å². The number of allylic oxidation sites excluding steroid dienone is 1. The van der Waals surface area contributed by atoms with Gasteiger partial charge in [0, 0.05) is 0 Å². The Morgan fingerprint density at radius 2 is 2.07 bits per heavy atom. The molecule has 0 saturated heterocycles. The van der Waals surface area contributed by atoms with Crippen LogP contribution in [0.15, 0.2) is 36.4 Å². The summed E-state index contributed by atoms with van der Waals surface area (Å²) in [7, 11) is -3.00. The summed E-state index contributed by atoms with van der Waals surface area (Å²) in [6.45, 7) is 3.78. The zero-order valence-corrected chi connectivity index (χ0v) is 9.92. The van der Waals surface area contributed by atoms with Crippen LogP contribution in [-0.4, -0.2) is 14.2 Å². The topological polar surface area (TPSA) is 34.1 Å². The van der Waals surface area contributed by atoms with Gasteiger partial charge in [-0.25, -0.2) is 8.42 Å². The van der Waals surface area contributed by atoms with E-state index in [1.54, 1.807) is 12.2 Å². The molecule has 2 nitrogen and oxygen atoms in total. The maximum absolute atomic E-state index is 11.6. The number of sulfone groups is 1. The van der Waals surface area contributed by atoms with Gasteiger partial charge in [0.1, 0.15) is 0 Å². The van der Waals surface area contributed by atoms with Crippen LogP contribution in [0.5, 0.6) is 0 Å². The molecule has 0 atom stereocenters. The average molecular weight is 224 g/mol. The Hall–Kier alpha value is -1.09. The van der Waals surface area contributed by atoms with Crippen LogP contribution in [0.1, 0.15) is 18.1 Å². The highest BCUT2D eigenvalue weighted by molar-refractivity contribution is 7.90. The number of benzene rings is 1. The number of rotatable bonds is 4. The molecule has 1 rings (SSSR count). The van der Waals surface area contributed by atoms with E-state index in [2.05, 4.69) is 0 Å². The van der Waals surface area contributed by atoms with Crippen LogP contribution in [0.2, 0.25) is 0 Å². The van der Waals surface area contributed by atoms with E-state index in [1.165, 1.54) is 0 Å². The third-order valence-electron chi connectivity index (χ3n) is 2.05. The second-order valence-electron chi connectivity index (χ2n) is 3.61. The standard InChI is InChI=1S/C12H16O2S/c1-3-4-8-15(13,14)10-12-7-5-6-11(2)9-12/h3-7,9H,8,10H2,1-2H3/b4-3+. The lowest BCUT2D eigenvalue weighted by molar-refractivity contribution is 0.598. The molecular weight excluding hydrogens is 208 g/mol. The molecule has 0 radical (unpaired) electrons. The van der Waals surface area contributed by atoms with Gasteiger partial charge < -0.3 is 0 Å². The molecule has 0 N–H and O–H groups in total. The minimum Gasteiger partial charge on any atom is -0.228 e. The molecule has 0 aliphatic rings. The van der Waals surface area contributed by atoms with Crippen LogP contribution >= 0.6 is 0 Å². The van der Waals surface area contributed by atoms with Crippen LogP contribution in [0.4, 0.5) is 0 Å². The van der Waals surface area contributed by atoms with E-state index >= 15 is 0 Å². The Balaban J connectivity index is 2.77. The third kappa shape index (κ3) is 4.30. The minimum absolute atomic E-state index is 0.122. The molecule has 0 amide bonds. The van der Waals surface area contributed by atoms with Crippen molar-refractivity contribution in [3.8, 4) is 0 Å². The molecule has 0 fully saturated rings. The van der Waals surface area contributed by atoms with Crippen LogP contribution in [-0.2, 0) is 15.6 Å². The summed E-state index contributed by atoms with van der Waals surface area (Å²) in [4.78, 5) is 0. The SMILES string of the molecule is C/C=C/CS(=O)(=O)Cc1cccc(C)c1. The van der Waals surface area contributed by atoms with Crippen molar-refractivity contribution in [3.05, 3.63) is 47.5 Å². The number of hydrogen-bond donors (Lipinski definition) is 0. The molecule has 1 aromatic carbocycles. The highest BCUT2D eigenvalue weighted by Crippen LogP contribution is 2.09. The summed E-state index contributed by atoms with van der Waals surface area (Å²) in [5, 5.41) is 0. The Labute approximate surface area is 91.6 Å². The molecule has 0 aromatic heterocycles. The van der Waals surface area contributed by atoms with Gasteiger partial charge in [-0.1, -0.05) is 42.0 Å². The van der Waals surface area contributed by atoms with Gasteiger partial charge in [-0.05, 0) is 19.4 Å². The Morgan fingerprint density at radius 3 is 2.67 bits per heavy atom. The lowest BCUT2D eigenvalue weighted by Crippen LogP contribution is -2.07. The van der Waals surface area contributed by atoms with Crippen molar-refractivity contribution in [2.24, 2.45) is 0 Å². The van der Waals surface area contributed by atoms with Crippen molar-refractivity contribution < 1.29 is 8.42 Å². The first-order valence-corrected chi connectivity index (χ1v) is 6.73. The van der Waals surface area contributed by atoms with Crippen LogP contribution in [0.25, 0.3) is 0 Å². The predicted molar refractivity (Wildman–Crippen MR) is 63.5 cm³/mol. The van der Waals surface area contributed by atoms with E-state index in [0.717, 1.165) is 11.1 Å². The molecule has 1 aromatic rings. The van der Waals surface area contributed by atoms with Gasteiger partial charge in [0.15, 0.2) is 9.84 Å². The average Bonchev–Trinajstić information content (AvgIpc) is 2.14. The molecule has 15 heavy (non-hydrogen) atoms. The van der Waals surface area contributed by atoms with Gasteiger partial charge in [-0.15, -0.1) is 0 Å². The van der Waals surface area contributed by atoms with Gasteiger partial charge in [0.2, 0.25) is 0 Å². The number of hydrogen-bond acceptors (Lipinski definition) is 2. The zero-order chi connectivity index (χ0) is 11.3. The van der Waals surface area contributed by atoms with Gasteiger partial charge in [-0.2, -0.15) is 0 Å². The summed E-state index contributed by atoms with van der Waals surface area (Å²) in [5.74, 6) is 0.246. The third-order valence-corrected chi connectivity index (χ3v) is 3.53. The Bertz CT molecular complexity index is 444. The highest BCUT2D eigenvalue weighted by Gasteiger charge is 2.09. The summed E-state index contributed by atoms with van der Waals surface area (Å²) in [6, 6.07) is 7.60. The smallest absolute Gasteiger partial charge is 0.157 e. The first-order chi connectivity index (χ1) is 7.03. The molecule has 0 saturated carbocycles. The zero-order valence-electron chi connectivity index (χ0n) is 9.10. The monoisotopic (exact) mass is 224 g/mol. The summed E-state index contributed by atoms with van der Waals surface area (Å²) >= 11 is 0. The van der Waals surface area contributed by atoms with Crippen molar-refractivity contribution in [2.75, 3.05) is 5.75 Å². The molecule has 0 bridgehead atoms. The summed E-state index contributed by atoms with van der Waals surface area (Å²) in [5.41, 5.74) is 1.95. The van der Waals surface area contributed by atoms with E-state index < -0.39 is 9.84 Å². The molecule has 0 aliphatic heterocycles. The van der Waals surface area contributed by atoms with Gasteiger partial charge in [0.05, 0.1) is 11.5 Å². The quantitative estimate of drug-likeness (QED) is 0.736. The van der Waals surface area contributed by atoms with Crippen LogP contribution in [0.3, 0.4) is 0 Å². The van der Waals surface area contributed by atoms with Crippen molar-refractivity contribution in [1.82, 2.24) is 0 Å². The first-order valence-electron chi connectivity index (χ1n) is 4.90. The highest BCUT2D eigenvalue weighted by atomic mass is 32.2. The first kappa shape index (κ1) is 12.0. The summed E-state index contributed by atoms with van der Waals surface area (Å²) in [6.07, 6.45) is 3.43. The lowest BCUT2D eigenvalue weighted by atomic mass is 10.2. The van der Waals surface area contributed by atoms with Crippen molar-refractivity contribution in [2.45, 2.75) is 19.6 Å². The molecule has 0 spiro atoms.